The second-order valence-corrected chi connectivity index (χ2v) is 38.7. The highest BCUT2D eigenvalue weighted by Gasteiger charge is 2.74. The summed E-state index contributed by atoms with van der Waals surface area (Å²) in [6, 6.07) is 0. The van der Waals surface area contributed by atoms with Crippen molar-refractivity contribution in [2.45, 2.75) is 390 Å². The fourth-order valence-electron chi connectivity index (χ4n) is 22.9. The fourth-order valence-corrected chi connectivity index (χ4v) is 22.9. The van der Waals surface area contributed by atoms with Gasteiger partial charge in [-0.1, -0.05) is 53.2 Å². The van der Waals surface area contributed by atoms with Crippen LogP contribution in [0, 0.1) is 50.2 Å². The Kier molecular flexibility index (Phi) is 29.5. The Balaban J connectivity index is 0.734. The maximum Gasteiger partial charge on any atom is 0.317 e. The van der Waals surface area contributed by atoms with Gasteiger partial charge in [-0.3, -0.25) is 4.79 Å². The summed E-state index contributed by atoms with van der Waals surface area (Å²) < 4.78 is 109. The first-order valence-corrected chi connectivity index (χ1v) is 43.1. The van der Waals surface area contributed by atoms with Crippen LogP contribution >= 0.6 is 0 Å². The van der Waals surface area contributed by atoms with E-state index < -0.39 is 354 Å². The van der Waals surface area contributed by atoms with E-state index in [4.69, 9.17) is 85.3 Å². The molecule has 0 aromatic heterocycles. The number of allylic oxidation sites excluding steroid dienone is 2. The molecule has 52 atom stereocenters. The van der Waals surface area contributed by atoms with Crippen LogP contribution in [0.15, 0.2) is 11.6 Å². The molecule has 5 aliphatic carbocycles. The number of aliphatic hydroxyl groups excluding tert-OH is 23. The molecule has 0 radical (unpaired) electrons. The van der Waals surface area contributed by atoms with Gasteiger partial charge in [0.15, 0.2) is 62.7 Å². The van der Waals surface area contributed by atoms with Gasteiger partial charge in [-0.15, -0.1) is 0 Å². The molecular weight excluding hydrogens is 1680 g/mol. The summed E-state index contributed by atoms with van der Waals surface area (Å²) in [6.45, 7) is 12.8. The molecule has 0 bridgehead atoms. The van der Waals surface area contributed by atoms with Gasteiger partial charge in [-0.05, 0) is 118 Å². The molecule has 0 aromatic rings. The second-order valence-electron chi connectivity index (χ2n) is 38.7. The van der Waals surface area contributed by atoms with Crippen LogP contribution in [0.1, 0.15) is 120 Å². The zero-order chi connectivity index (χ0) is 91.0. The number of carbonyl (C=O) groups is 3. The number of ether oxygens (including phenoxy) is 18. The first-order chi connectivity index (χ1) is 58.8. The van der Waals surface area contributed by atoms with E-state index >= 15 is 4.79 Å². The van der Waals surface area contributed by atoms with Crippen molar-refractivity contribution in [2.75, 3.05) is 33.0 Å². The Morgan fingerprint density at radius 3 is 1.47 bits per heavy atom. The molecule has 0 spiro atoms. The average Bonchev–Trinajstić information content (AvgIpc) is 0.664. The number of rotatable bonds is 22. The fraction of sp³-hybridized carbons (Fsp3) is 0.938. The third-order valence-corrected chi connectivity index (χ3v) is 30.3. The van der Waals surface area contributed by atoms with Crippen molar-refractivity contribution < 1.29 is 217 Å². The average molecular weight is 1810 g/mol. The number of aliphatic hydroxyl groups is 23. The molecule has 9 aliphatic heterocycles. The monoisotopic (exact) mass is 1800 g/mol. The van der Waals surface area contributed by atoms with Crippen LogP contribution in [0.2, 0.25) is 0 Å². The minimum Gasteiger partial charge on any atom is -0.432 e. The van der Waals surface area contributed by atoms with Crippen LogP contribution in [-0.4, -0.2) is 439 Å². The van der Waals surface area contributed by atoms with E-state index in [9.17, 15) is 127 Å². The summed E-state index contributed by atoms with van der Waals surface area (Å²) in [5.41, 5.74) is -5.39. The molecule has 44 nitrogen and oxygen atoms in total. The SMILES string of the molecule is CC1OC(OC2C(C)OC(OC(=O)[C@]34CCC(C)(C)CC3C3=CCC5[C@@]6(C)CC[C@H](OC7OC(C=O)C(O)C(OC8OCC(O)C(O)C8O)C7OC7OC(CO)C(O)C(O)C7O)CC6[C@@](C)(C=O)C[C@@]5(C)[C@]3(C)C[C@H]4O)C(OC3OC(C)C(OC4OCC(O)C(OC5OC(CO)C(O)C(O)C5O)C4O)C(O)C3O)C2O)C(O)C(OC2OCC(O)C(O)C2O)C1O. The Labute approximate surface area is 718 Å². The third kappa shape index (κ3) is 17.6. The van der Waals surface area contributed by atoms with Crippen molar-refractivity contribution in [1.82, 2.24) is 0 Å². The van der Waals surface area contributed by atoms with E-state index in [-0.39, 0.29) is 50.7 Å². The Bertz CT molecular complexity index is 3690. The molecule has 23 N–H and O–H groups in total. The molecule has 0 aromatic carbocycles. The topological polar surface area (TPSA) is 683 Å². The van der Waals surface area contributed by atoms with Crippen molar-refractivity contribution in [3.05, 3.63) is 11.6 Å². The molecule has 45 unspecified atom stereocenters. The van der Waals surface area contributed by atoms with Gasteiger partial charge in [-0.2, -0.15) is 0 Å². The Hall–Kier alpha value is -3.05. The standard InChI is InChI=1S/C81H128O44/c1-27-42(90)62(121-66-51(99)43(91)33(86)22-108-66)58(106)72(111-27)119-60-29(3)113-73(64(56(60)104)123-69-55(103)50(98)59(28(2)112-69)118-68-57(105)61(35(88)24-110-68)120-70-53(101)48(96)45(93)36(19-82)115-70)125-75(107)81-15-14-76(4,5)17-32(81)31-10-11-39-78(7)13-12-30(16-40(78)77(6,26-85)25-80(39,9)79(31,8)18-41(81)89)114-74-65(124-71-54(102)49(97)46(94)37(20-83)116-71)63(47(95)38(21-84)117-74)122-67-52(100)44(92)34(87)23-109-67/h10,21,26-30,32-74,82-83,86-106H,11-20,22-25H2,1-9H3/t27?,28?,29?,30-,32?,33?,34?,35?,36?,37?,38?,39?,40?,41+,42?,43?,44?,45?,46?,47?,48?,49?,50?,51?,52?,53?,54?,55?,56?,57?,58?,59?,60?,61?,62?,63?,64?,65?,66?,67?,68?,69?,70?,71?,72?,73?,74?,77+,78+,79+,80+,81+/m0/s1. The van der Waals surface area contributed by atoms with Crippen LogP contribution < -0.4 is 0 Å². The summed E-state index contributed by atoms with van der Waals surface area (Å²) in [4.78, 5) is 43.7. The van der Waals surface area contributed by atoms with Crippen molar-refractivity contribution in [1.29, 1.82) is 0 Å². The van der Waals surface area contributed by atoms with Crippen LogP contribution in [0.3, 0.4) is 0 Å². The number of hydrogen-bond acceptors (Lipinski definition) is 44. The van der Waals surface area contributed by atoms with Crippen molar-refractivity contribution in [2.24, 2.45) is 50.2 Å². The maximum atomic E-state index is 16.4. The number of carbonyl (C=O) groups excluding carboxylic acids is 3. The highest BCUT2D eigenvalue weighted by molar-refractivity contribution is 5.80. The number of esters is 1. The smallest absolute Gasteiger partial charge is 0.317 e. The second kappa shape index (κ2) is 37.7. The molecule has 14 aliphatic rings. The van der Waals surface area contributed by atoms with Gasteiger partial charge in [0.2, 0.25) is 6.29 Å². The van der Waals surface area contributed by atoms with E-state index in [0.29, 0.717) is 19.3 Å². The number of hydrogen-bond donors (Lipinski definition) is 23. The van der Waals surface area contributed by atoms with Crippen molar-refractivity contribution >= 4 is 18.5 Å². The number of aldehydes is 2. The summed E-state index contributed by atoms with van der Waals surface area (Å²) >= 11 is 0. The lowest BCUT2D eigenvalue weighted by Gasteiger charge is -2.72. The zero-order valence-electron chi connectivity index (χ0n) is 70.6. The first-order valence-electron chi connectivity index (χ1n) is 43.1. The number of fused-ring (bicyclic) bond motifs is 7. The van der Waals surface area contributed by atoms with Gasteiger partial charge < -0.3 is 212 Å². The minimum atomic E-state index is -2.21. The van der Waals surface area contributed by atoms with Gasteiger partial charge in [0.1, 0.15) is 189 Å². The minimum absolute atomic E-state index is 0.0108. The van der Waals surface area contributed by atoms with E-state index in [1.807, 2.05) is 27.7 Å². The van der Waals surface area contributed by atoms with Gasteiger partial charge >= 0.3 is 5.97 Å². The Morgan fingerprint density at radius 2 is 0.896 bits per heavy atom. The molecule has 14 rings (SSSR count). The quantitative estimate of drug-likeness (QED) is 0.0207. The molecule has 716 valence electrons. The first kappa shape index (κ1) is 98.0. The van der Waals surface area contributed by atoms with Gasteiger partial charge in [0.05, 0.1) is 63.6 Å². The van der Waals surface area contributed by atoms with Crippen LogP contribution in [0.4, 0.5) is 0 Å². The molecule has 4 saturated carbocycles. The molecule has 125 heavy (non-hydrogen) atoms. The van der Waals surface area contributed by atoms with E-state index in [2.05, 4.69) is 19.9 Å². The van der Waals surface area contributed by atoms with Crippen LogP contribution in [-0.2, 0) is 99.6 Å². The van der Waals surface area contributed by atoms with Crippen LogP contribution in [0.5, 0.6) is 0 Å². The lowest BCUT2D eigenvalue weighted by atomic mass is 9.32. The summed E-state index contributed by atoms with van der Waals surface area (Å²) in [6.07, 6.45) is -73.5. The van der Waals surface area contributed by atoms with E-state index in [0.717, 1.165) is 11.9 Å². The highest BCUT2D eigenvalue weighted by atomic mass is 16.8. The van der Waals surface area contributed by atoms with Crippen molar-refractivity contribution in [3.8, 4) is 0 Å². The van der Waals surface area contributed by atoms with E-state index in [1.165, 1.54) is 20.8 Å². The third-order valence-electron chi connectivity index (χ3n) is 30.3. The molecule has 9 saturated heterocycles. The summed E-state index contributed by atoms with van der Waals surface area (Å²) in [5.74, 6) is -2.63. The highest BCUT2D eigenvalue weighted by Crippen LogP contribution is 2.77. The predicted molar refractivity (Wildman–Crippen MR) is 404 cm³/mol. The maximum absolute atomic E-state index is 16.4. The Morgan fingerprint density at radius 1 is 0.424 bits per heavy atom. The van der Waals surface area contributed by atoms with Crippen LogP contribution in [0.25, 0.3) is 0 Å². The normalized spacial score (nSPS) is 55.6. The van der Waals surface area contributed by atoms with Gasteiger partial charge in [0.25, 0.3) is 0 Å². The predicted octanol–water partition coefficient (Wildman–Crippen LogP) is -9.56. The lowest BCUT2D eigenvalue weighted by molar-refractivity contribution is -0.392. The molecule has 0 amide bonds. The molecular formula is C81H128O44. The zero-order valence-corrected chi connectivity index (χ0v) is 70.6. The van der Waals surface area contributed by atoms with Gasteiger partial charge in [-0.25, -0.2) is 0 Å². The molecule has 9 heterocycles. The largest absolute Gasteiger partial charge is 0.432 e. The lowest BCUT2D eigenvalue weighted by Crippen LogP contribution is -2.69. The van der Waals surface area contributed by atoms with Crippen molar-refractivity contribution in [3.63, 3.8) is 0 Å². The van der Waals surface area contributed by atoms with Gasteiger partial charge in [0, 0.05) is 5.41 Å². The summed E-state index contributed by atoms with van der Waals surface area (Å²) in [7, 11) is 0. The molecule has 44 heteroatoms. The summed E-state index contributed by atoms with van der Waals surface area (Å²) in [5, 5.41) is 257. The molecule has 13 fully saturated rings. The van der Waals surface area contributed by atoms with E-state index in [1.54, 1.807) is 0 Å².